The molecule has 4 N–H and O–H groups in total. The Labute approximate surface area is 76.7 Å². The van der Waals surface area contributed by atoms with Crippen molar-refractivity contribution in [2.45, 2.75) is 19.4 Å². The van der Waals surface area contributed by atoms with E-state index in [1.165, 1.54) is 0 Å². The largest absolute Gasteiger partial charge is 0.370 e. The molecule has 0 saturated carbocycles. The Morgan fingerprint density at radius 3 is 2.77 bits per heavy atom. The molecular weight excluding hydrogens is 168 g/mol. The van der Waals surface area contributed by atoms with Gasteiger partial charge in [-0.05, 0) is 12.5 Å². The Morgan fingerprint density at radius 1 is 1.77 bits per heavy atom. The Bertz CT molecular complexity index is 298. The number of nitrogens with two attached hydrogens (primary N) is 2. The van der Waals surface area contributed by atoms with Gasteiger partial charge in [0, 0.05) is 13.5 Å². The van der Waals surface area contributed by atoms with Crippen molar-refractivity contribution in [2.24, 2.45) is 18.5 Å². The second kappa shape index (κ2) is 3.57. The van der Waals surface area contributed by atoms with Crippen molar-refractivity contribution >= 4 is 5.91 Å². The zero-order chi connectivity index (χ0) is 10.0. The van der Waals surface area contributed by atoms with Crippen LogP contribution in [0.25, 0.3) is 0 Å². The summed E-state index contributed by atoms with van der Waals surface area (Å²) < 4.78 is 1.67. The molecule has 1 heterocycles. The fraction of sp³-hybridized carbons (Fsp3) is 0.500. The van der Waals surface area contributed by atoms with Crippen LogP contribution in [-0.4, -0.2) is 15.7 Å². The monoisotopic (exact) mass is 182 g/mol. The van der Waals surface area contributed by atoms with Crippen molar-refractivity contribution < 1.29 is 4.79 Å². The van der Waals surface area contributed by atoms with Gasteiger partial charge in [0.05, 0.1) is 17.9 Å². The summed E-state index contributed by atoms with van der Waals surface area (Å²) in [6.45, 7) is 1.91. The van der Waals surface area contributed by atoms with Crippen LogP contribution in [0.3, 0.4) is 0 Å². The minimum Gasteiger partial charge on any atom is -0.370 e. The highest BCUT2D eigenvalue weighted by Crippen LogP contribution is 2.16. The molecule has 0 saturated heterocycles. The molecule has 0 fully saturated rings. The zero-order valence-corrected chi connectivity index (χ0v) is 7.82. The van der Waals surface area contributed by atoms with Gasteiger partial charge < -0.3 is 11.5 Å². The molecule has 1 unspecified atom stereocenters. The van der Waals surface area contributed by atoms with Gasteiger partial charge in [-0.25, -0.2) is 0 Å². The lowest BCUT2D eigenvalue weighted by atomic mass is 10.1. The van der Waals surface area contributed by atoms with Gasteiger partial charge in [-0.2, -0.15) is 5.10 Å². The number of hydrogen-bond donors (Lipinski definition) is 2. The molecule has 1 amide bonds. The highest BCUT2D eigenvalue weighted by atomic mass is 16.1. The van der Waals surface area contributed by atoms with Gasteiger partial charge in [0.15, 0.2) is 0 Å². The molecule has 0 bridgehead atoms. The van der Waals surface area contributed by atoms with Gasteiger partial charge in [0.2, 0.25) is 5.91 Å². The molecule has 0 aliphatic heterocycles. The van der Waals surface area contributed by atoms with Crippen molar-refractivity contribution in [1.29, 1.82) is 0 Å². The Morgan fingerprint density at radius 2 is 2.38 bits per heavy atom. The van der Waals surface area contributed by atoms with E-state index in [2.05, 4.69) is 5.10 Å². The number of nitrogens with zero attached hydrogens (tertiary/aromatic N) is 2. The maximum absolute atomic E-state index is 10.6. The van der Waals surface area contributed by atoms with E-state index in [1.54, 1.807) is 17.9 Å². The minimum absolute atomic E-state index is 0.153. The minimum atomic E-state index is -0.395. The summed E-state index contributed by atoms with van der Waals surface area (Å²) in [5.41, 5.74) is 12.7. The highest BCUT2D eigenvalue weighted by Gasteiger charge is 2.15. The topological polar surface area (TPSA) is 86.9 Å². The lowest BCUT2D eigenvalue weighted by Crippen LogP contribution is -2.23. The lowest BCUT2D eigenvalue weighted by molar-refractivity contribution is -0.118. The van der Waals surface area contributed by atoms with Crippen LogP contribution in [0.15, 0.2) is 6.20 Å². The Kier molecular flexibility index (Phi) is 2.67. The van der Waals surface area contributed by atoms with E-state index in [0.29, 0.717) is 0 Å². The molecule has 5 heteroatoms. The van der Waals surface area contributed by atoms with Crippen LogP contribution >= 0.6 is 0 Å². The third-order valence-corrected chi connectivity index (χ3v) is 1.95. The first-order chi connectivity index (χ1) is 6.02. The third kappa shape index (κ3) is 2.06. The quantitative estimate of drug-likeness (QED) is 0.667. The molecule has 5 nitrogen and oxygen atoms in total. The van der Waals surface area contributed by atoms with E-state index in [-0.39, 0.29) is 12.5 Å². The smallest absolute Gasteiger partial charge is 0.219 e. The number of primary amides is 1. The number of aryl methyl sites for hydroxylation is 2. The molecule has 1 aromatic heterocycles. The van der Waals surface area contributed by atoms with Crippen LogP contribution in [0, 0.1) is 6.92 Å². The second-order valence-corrected chi connectivity index (χ2v) is 3.11. The summed E-state index contributed by atoms with van der Waals surface area (Å²) >= 11 is 0. The van der Waals surface area contributed by atoms with E-state index < -0.39 is 5.91 Å². The predicted molar refractivity (Wildman–Crippen MR) is 48.7 cm³/mol. The molecule has 1 aromatic rings. The SMILES string of the molecule is Cc1cnn(C)c1C(N)CC(N)=O. The molecule has 0 radical (unpaired) electrons. The Balaban J connectivity index is 2.87. The van der Waals surface area contributed by atoms with E-state index >= 15 is 0 Å². The average Bonchev–Trinajstić information content (AvgIpc) is 2.29. The van der Waals surface area contributed by atoms with Gasteiger partial charge >= 0.3 is 0 Å². The van der Waals surface area contributed by atoms with Crippen molar-refractivity contribution in [3.8, 4) is 0 Å². The van der Waals surface area contributed by atoms with Crippen molar-refractivity contribution in [1.82, 2.24) is 9.78 Å². The average molecular weight is 182 g/mol. The number of carbonyl (C=O) groups excluding carboxylic acids is 1. The number of amides is 1. The van der Waals surface area contributed by atoms with E-state index in [0.717, 1.165) is 11.3 Å². The molecular formula is C8H14N4O. The highest BCUT2D eigenvalue weighted by molar-refractivity contribution is 5.74. The molecule has 0 aliphatic carbocycles. The molecule has 72 valence electrons. The van der Waals surface area contributed by atoms with Crippen molar-refractivity contribution in [3.63, 3.8) is 0 Å². The number of rotatable bonds is 3. The van der Waals surface area contributed by atoms with Crippen molar-refractivity contribution in [2.75, 3.05) is 0 Å². The molecule has 0 aromatic carbocycles. The summed E-state index contributed by atoms with van der Waals surface area (Å²) in [5, 5.41) is 4.03. The van der Waals surface area contributed by atoms with Crippen LogP contribution in [-0.2, 0) is 11.8 Å². The van der Waals surface area contributed by atoms with Gasteiger partial charge in [-0.3, -0.25) is 9.48 Å². The maximum Gasteiger partial charge on any atom is 0.219 e. The molecule has 0 spiro atoms. The summed E-state index contributed by atoms with van der Waals surface area (Å²) in [6.07, 6.45) is 1.87. The summed E-state index contributed by atoms with van der Waals surface area (Å²) in [4.78, 5) is 10.6. The normalized spacial score (nSPS) is 12.8. The van der Waals surface area contributed by atoms with E-state index in [4.69, 9.17) is 11.5 Å². The summed E-state index contributed by atoms with van der Waals surface area (Å²) in [6, 6.07) is -0.356. The summed E-state index contributed by atoms with van der Waals surface area (Å²) in [5.74, 6) is -0.395. The van der Waals surface area contributed by atoms with E-state index in [9.17, 15) is 4.79 Å². The first-order valence-corrected chi connectivity index (χ1v) is 4.04. The van der Waals surface area contributed by atoms with Crippen molar-refractivity contribution in [3.05, 3.63) is 17.5 Å². The van der Waals surface area contributed by atoms with Gasteiger partial charge in [0.25, 0.3) is 0 Å². The maximum atomic E-state index is 10.6. The fourth-order valence-electron chi connectivity index (χ4n) is 1.40. The standard InChI is InChI=1S/C8H14N4O/c1-5-4-11-12(2)8(5)6(9)3-7(10)13/h4,6H,3,9H2,1-2H3,(H2,10,13). The fourth-order valence-corrected chi connectivity index (χ4v) is 1.40. The van der Waals surface area contributed by atoms with Crippen LogP contribution in [0.5, 0.6) is 0 Å². The Hall–Kier alpha value is -1.36. The zero-order valence-electron chi connectivity index (χ0n) is 7.82. The van der Waals surface area contributed by atoms with Gasteiger partial charge in [-0.15, -0.1) is 0 Å². The van der Waals surface area contributed by atoms with E-state index in [1.807, 2.05) is 6.92 Å². The second-order valence-electron chi connectivity index (χ2n) is 3.11. The number of hydrogen-bond acceptors (Lipinski definition) is 3. The third-order valence-electron chi connectivity index (χ3n) is 1.95. The lowest BCUT2D eigenvalue weighted by Gasteiger charge is -2.10. The number of aromatic nitrogens is 2. The first kappa shape index (κ1) is 9.73. The van der Waals surface area contributed by atoms with Gasteiger partial charge in [-0.1, -0.05) is 0 Å². The van der Waals surface area contributed by atoms with Gasteiger partial charge in [0.1, 0.15) is 0 Å². The van der Waals surface area contributed by atoms with Crippen LogP contribution in [0.4, 0.5) is 0 Å². The van der Waals surface area contributed by atoms with Crippen LogP contribution < -0.4 is 11.5 Å². The predicted octanol–water partition coefficient (Wildman–Crippen LogP) is -0.396. The van der Waals surface area contributed by atoms with Crippen LogP contribution in [0.2, 0.25) is 0 Å². The number of carbonyl (C=O) groups is 1. The van der Waals surface area contributed by atoms with Crippen LogP contribution in [0.1, 0.15) is 23.7 Å². The summed E-state index contributed by atoms with van der Waals surface area (Å²) in [7, 11) is 1.79. The first-order valence-electron chi connectivity index (χ1n) is 4.04. The molecule has 1 rings (SSSR count). The molecule has 1 atom stereocenters. The molecule has 0 aliphatic rings. The molecule has 13 heavy (non-hydrogen) atoms.